The van der Waals surface area contributed by atoms with Gasteiger partial charge in [0, 0.05) is 10.9 Å². The minimum atomic E-state index is -0.206. The maximum atomic E-state index is 13.0. The molecule has 0 radical (unpaired) electrons. The molecule has 0 spiro atoms. The summed E-state index contributed by atoms with van der Waals surface area (Å²) < 4.78 is 23.9. The van der Waals surface area contributed by atoms with E-state index in [9.17, 15) is 4.39 Å². The lowest BCUT2D eigenvalue weighted by Gasteiger charge is -2.13. The molecular formula is C20H22FN2O2S+. The molecule has 1 aromatic heterocycles. The highest BCUT2D eigenvalue weighted by Crippen LogP contribution is 2.38. The van der Waals surface area contributed by atoms with Crippen molar-refractivity contribution in [3.8, 4) is 22.1 Å². The van der Waals surface area contributed by atoms with Crippen LogP contribution in [0.5, 0.6) is 11.5 Å². The van der Waals surface area contributed by atoms with E-state index in [0.29, 0.717) is 11.5 Å². The molecule has 136 valence electrons. The van der Waals surface area contributed by atoms with Crippen LogP contribution in [0.4, 0.5) is 4.39 Å². The molecule has 0 aliphatic carbocycles. The van der Waals surface area contributed by atoms with Gasteiger partial charge in [0.15, 0.2) is 11.5 Å². The minimum absolute atomic E-state index is 0.206. The summed E-state index contributed by atoms with van der Waals surface area (Å²) in [5, 5.41) is 2.98. The number of ether oxygens (including phenoxy) is 2. The molecule has 26 heavy (non-hydrogen) atoms. The Bertz CT molecular complexity index is 865. The van der Waals surface area contributed by atoms with Gasteiger partial charge >= 0.3 is 0 Å². The van der Waals surface area contributed by atoms with Crippen LogP contribution in [0.1, 0.15) is 11.3 Å². The van der Waals surface area contributed by atoms with E-state index >= 15 is 0 Å². The Kier molecular flexibility index (Phi) is 5.85. The lowest BCUT2D eigenvalue weighted by atomic mass is 10.2. The maximum Gasteiger partial charge on any atom is 0.170 e. The molecule has 0 bridgehead atoms. The van der Waals surface area contributed by atoms with E-state index in [2.05, 4.69) is 12.4 Å². The van der Waals surface area contributed by atoms with Crippen molar-refractivity contribution in [2.24, 2.45) is 0 Å². The largest absolute Gasteiger partial charge is 0.493 e. The Morgan fingerprint density at radius 3 is 2.50 bits per heavy atom. The molecule has 0 fully saturated rings. The van der Waals surface area contributed by atoms with Crippen LogP contribution < -0.4 is 14.4 Å². The van der Waals surface area contributed by atoms with Gasteiger partial charge in [-0.3, -0.25) is 0 Å². The number of nitrogens with zero attached hydrogens (tertiary/aromatic N) is 1. The SMILES string of the molecule is COc1cccc(-c2nc(C[NH+](C)Cc3ccc(F)cc3)cs2)c1OC. The number of thiazole rings is 1. The number of halogens is 1. The third-order valence-electron chi connectivity index (χ3n) is 4.09. The normalized spacial score (nSPS) is 12.0. The summed E-state index contributed by atoms with van der Waals surface area (Å²) in [6.07, 6.45) is 0. The molecule has 0 aliphatic heterocycles. The van der Waals surface area contributed by atoms with Crippen LogP contribution in [0.25, 0.3) is 10.6 Å². The summed E-state index contributed by atoms with van der Waals surface area (Å²) in [6.45, 7) is 1.61. The van der Waals surface area contributed by atoms with Gasteiger partial charge in [0.25, 0.3) is 0 Å². The first-order valence-electron chi connectivity index (χ1n) is 8.32. The molecule has 1 unspecified atom stereocenters. The summed E-state index contributed by atoms with van der Waals surface area (Å²) in [7, 11) is 5.37. The molecule has 0 saturated carbocycles. The van der Waals surface area contributed by atoms with Crippen molar-refractivity contribution in [3.05, 3.63) is 64.9 Å². The van der Waals surface area contributed by atoms with E-state index in [-0.39, 0.29) is 5.82 Å². The summed E-state index contributed by atoms with van der Waals surface area (Å²) in [5.41, 5.74) is 3.06. The smallest absolute Gasteiger partial charge is 0.170 e. The summed E-state index contributed by atoms with van der Waals surface area (Å²) in [5.74, 6) is 1.19. The fourth-order valence-electron chi connectivity index (χ4n) is 2.89. The first-order valence-corrected chi connectivity index (χ1v) is 9.20. The molecule has 0 saturated heterocycles. The fraction of sp³-hybridized carbons (Fsp3) is 0.250. The van der Waals surface area contributed by atoms with Gasteiger partial charge in [-0.25, -0.2) is 9.37 Å². The molecule has 3 rings (SSSR count). The summed E-state index contributed by atoms with van der Waals surface area (Å²) in [6, 6.07) is 12.4. The van der Waals surface area contributed by atoms with Crippen LogP contribution in [-0.4, -0.2) is 26.3 Å². The number of quaternary nitrogens is 1. The van der Waals surface area contributed by atoms with Crippen molar-refractivity contribution >= 4 is 11.3 Å². The van der Waals surface area contributed by atoms with E-state index in [1.165, 1.54) is 17.0 Å². The number of hydrogen-bond acceptors (Lipinski definition) is 4. The van der Waals surface area contributed by atoms with Gasteiger partial charge in [0.2, 0.25) is 0 Å². The van der Waals surface area contributed by atoms with E-state index < -0.39 is 0 Å². The Balaban J connectivity index is 1.73. The quantitative estimate of drug-likeness (QED) is 0.691. The van der Waals surface area contributed by atoms with E-state index in [1.807, 2.05) is 30.3 Å². The minimum Gasteiger partial charge on any atom is -0.493 e. The third-order valence-corrected chi connectivity index (χ3v) is 5.01. The average Bonchev–Trinajstić information content (AvgIpc) is 3.11. The summed E-state index contributed by atoms with van der Waals surface area (Å²) in [4.78, 5) is 6.05. The predicted octanol–water partition coefficient (Wildman–Crippen LogP) is 3.18. The number of nitrogens with one attached hydrogen (secondary N) is 1. The predicted molar refractivity (Wildman–Crippen MR) is 101 cm³/mol. The molecule has 1 heterocycles. The molecule has 1 N–H and O–H groups in total. The Morgan fingerprint density at radius 2 is 1.81 bits per heavy atom. The lowest BCUT2D eigenvalue weighted by Crippen LogP contribution is -3.06. The zero-order chi connectivity index (χ0) is 18.5. The van der Waals surface area contributed by atoms with Gasteiger partial charge in [-0.1, -0.05) is 18.2 Å². The second-order valence-electron chi connectivity index (χ2n) is 6.12. The van der Waals surface area contributed by atoms with Gasteiger partial charge in [-0.2, -0.15) is 0 Å². The van der Waals surface area contributed by atoms with Crippen molar-refractivity contribution in [2.75, 3.05) is 21.3 Å². The number of aromatic nitrogens is 1. The zero-order valence-corrected chi connectivity index (χ0v) is 15.9. The second kappa shape index (κ2) is 8.29. The molecule has 0 amide bonds. The van der Waals surface area contributed by atoms with Crippen molar-refractivity contribution in [1.82, 2.24) is 4.98 Å². The highest BCUT2D eigenvalue weighted by Gasteiger charge is 2.16. The number of hydrogen-bond donors (Lipinski definition) is 1. The molecule has 3 aromatic rings. The number of methoxy groups -OCH3 is 2. The fourth-order valence-corrected chi connectivity index (χ4v) is 3.73. The molecule has 6 heteroatoms. The third kappa shape index (κ3) is 4.20. The van der Waals surface area contributed by atoms with Gasteiger partial charge in [-0.15, -0.1) is 11.3 Å². The second-order valence-corrected chi connectivity index (χ2v) is 6.98. The van der Waals surface area contributed by atoms with Crippen LogP contribution in [0.3, 0.4) is 0 Å². The van der Waals surface area contributed by atoms with E-state index in [4.69, 9.17) is 14.5 Å². The highest BCUT2D eigenvalue weighted by molar-refractivity contribution is 7.13. The van der Waals surface area contributed by atoms with Crippen LogP contribution >= 0.6 is 11.3 Å². The molecule has 4 nitrogen and oxygen atoms in total. The number of benzene rings is 2. The van der Waals surface area contributed by atoms with Gasteiger partial charge in [0.05, 0.1) is 26.8 Å². The van der Waals surface area contributed by atoms with Crippen LogP contribution in [0.2, 0.25) is 0 Å². The van der Waals surface area contributed by atoms with Crippen molar-refractivity contribution < 1.29 is 18.8 Å². The van der Waals surface area contributed by atoms with E-state index in [1.54, 1.807) is 25.6 Å². The Morgan fingerprint density at radius 1 is 1.04 bits per heavy atom. The van der Waals surface area contributed by atoms with Crippen LogP contribution in [0, 0.1) is 5.82 Å². The maximum absolute atomic E-state index is 13.0. The average molecular weight is 373 g/mol. The van der Waals surface area contributed by atoms with E-state index in [0.717, 1.165) is 34.9 Å². The molecular weight excluding hydrogens is 351 g/mol. The van der Waals surface area contributed by atoms with Gasteiger partial charge < -0.3 is 14.4 Å². The zero-order valence-electron chi connectivity index (χ0n) is 15.1. The summed E-state index contributed by atoms with van der Waals surface area (Å²) >= 11 is 1.59. The monoisotopic (exact) mass is 373 g/mol. The van der Waals surface area contributed by atoms with Crippen molar-refractivity contribution in [2.45, 2.75) is 13.1 Å². The number of rotatable bonds is 7. The molecule has 2 aromatic carbocycles. The van der Waals surface area contributed by atoms with Gasteiger partial charge in [-0.05, 0) is 24.3 Å². The topological polar surface area (TPSA) is 35.8 Å². The highest BCUT2D eigenvalue weighted by atomic mass is 32.1. The first kappa shape index (κ1) is 18.4. The lowest BCUT2D eigenvalue weighted by molar-refractivity contribution is -0.908. The Hall–Kier alpha value is -2.44. The van der Waals surface area contributed by atoms with Crippen molar-refractivity contribution in [3.63, 3.8) is 0 Å². The standard InChI is InChI=1S/C20H21FN2O2S/c1-23(11-14-7-9-15(21)10-8-14)12-16-13-26-20(22-16)17-5-4-6-18(24-2)19(17)25-3/h4-10,13H,11-12H2,1-3H3/p+1. The van der Waals surface area contributed by atoms with Gasteiger partial charge in [0.1, 0.15) is 29.6 Å². The number of para-hydroxylation sites is 1. The van der Waals surface area contributed by atoms with Crippen molar-refractivity contribution in [1.29, 1.82) is 0 Å². The molecule has 0 aliphatic rings. The van der Waals surface area contributed by atoms with Crippen LogP contribution in [0.15, 0.2) is 47.8 Å². The van der Waals surface area contributed by atoms with Crippen LogP contribution in [-0.2, 0) is 13.1 Å². The molecule has 1 atom stereocenters. The first-order chi connectivity index (χ1) is 12.6. The Labute approximate surface area is 156 Å².